The fourth-order valence-electron chi connectivity index (χ4n) is 2.57. The maximum atomic E-state index is 12.2. The van der Waals surface area contributed by atoms with E-state index in [-0.39, 0.29) is 18.4 Å². The molecule has 0 spiro atoms. The monoisotopic (exact) mass is 296 g/mol. The predicted molar refractivity (Wildman–Crippen MR) is 84.1 cm³/mol. The number of methoxy groups -OCH3 is 1. The van der Waals surface area contributed by atoms with Gasteiger partial charge in [-0.15, -0.1) is 0 Å². The molecule has 0 aromatic heterocycles. The number of benzene rings is 2. The normalized spacial score (nSPS) is 13.0. The summed E-state index contributed by atoms with van der Waals surface area (Å²) in [7, 11) is 1.55. The molecule has 1 aliphatic rings. The highest BCUT2D eigenvalue weighted by molar-refractivity contribution is 6.07. The molecule has 0 radical (unpaired) electrons. The number of nitrogens with one attached hydrogen (secondary N) is 1. The number of amides is 2. The van der Waals surface area contributed by atoms with E-state index in [1.807, 2.05) is 36.4 Å². The average molecular weight is 296 g/mol. The molecule has 2 amide bonds. The molecule has 3 rings (SSSR count). The van der Waals surface area contributed by atoms with Crippen LogP contribution in [-0.2, 0) is 16.0 Å². The Labute approximate surface area is 128 Å². The van der Waals surface area contributed by atoms with Crippen molar-refractivity contribution < 1.29 is 14.3 Å². The highest BCUT2D eigenvalue weighted by Crippen LogP contribution is 2.28. The lowest BCUT2D eigenvalue weighted by atomic mass is 10.2. The molecule has 5 nitrogen and oxygen atoms in total. The standard InChI is InChI=1S/C17H16N2O3/c1-22-15-9-5-3-7-13(15)18-16(20)11-19-14-8-4-2-6-12(14)10-17(19)21/h2-9H,10-11H2,1H3,(H,18,20). The van der Waals surface area contributed by atoms with Gasteiger partial charge >= 0.3 is 0 Å². The zero-order valence-corrected chi connectivity index (χ0v) is 12.2. The average Bonchev–Trinajstić information content (AvgIpc) is 2.84. The summed E-state index contributed by atoms with van der Waals surface area (Å²) in [4.78, 5) is 25.8. The number of fused-ring (bicyclic) bond motifs is 1. The maximum absolute atomic E-state index is 12.2. The number of para-hydroxylation sites is 3. The molecular weight excluding hydrogens is 280 g/mol. The smallest absolute Gasteiger partial charge is 0.244 e. The Kier molecular flexibility index (Phi) is 3.78. The van der Waals surface area contributed by atoms with Crippen molar-refractivity contribution in [2.45, 2.75) is 6.42 Å². The lowest BCUT2D eigenvalue weighted by Gasteiger charge is -2.17. The summed E-state index contributed by atoms with van der Waals surface area (Å²) in [6, 6.07) is 14.7. The van der Waals surface area contributed by atoms with Gasteiger partial charge in [0.1, 0.15) is 12.3 Å². The van der Waals surface area contributed by atoms with Crippen LogP contribution in [0.25, 0.3) is 0 Å². The van der Waals surface area contributed by atoms with E-state index in [9.17, 15) is 9.59 Å². The molecule has 1 heterocycles. The zero-order chi connectivity index (χ0) is 15.5. The van der Waals surface area contributed by atoms with Gasteiger partial charge in [0.05, 0.1) is 19.2 Å². The molecule has 5 heteroatoms. The third kappa shape index (κ3) is 2.65. The molecule has 112 valence electrons. The van der Waals surface area contributed by atoms with Crippen LogP contribution in [0.1, 0.15) is 5.56 Å². The maximum Gasteiger partial charge on any atom is 0.244 e. The van der Waals surface area contributed by atoms with Crippen molar-refractivity contribution in [2.24, 2.45) is 0 Å². The van der Waals surface area contributed by atoms with E-state index in [0.29, 0.717) is 17.9 Å². The van der Waals surface area contributed by atoms with Crippen LogP contribution >= 0.6 is 0 Å². The lowest BCUT2D eigenvalue weighted by molar-refractivity contribution is -0.120. The first-order valence-electron chi connectivity index (χ1n) is 7.00. The third-order valence-electron chi connectivity index (χ3n) is 3.61. The summed E-state index contributed by atoms with van der Waals surface area (Å²) in [5, 5.41) is 2.78. The van der Waals surface area contributed by atoms with Gasteiger partial charge in [-0.25, -0.2) is 0 Å². The van der Waals surface area contributed by atoms with E-state index in [4.69, 9.17) is 4.74 Å². The Balaban J connectivity index is 1.74. The van der Waals surface area contributed by atoms with E-state index in [1.54, 1.807) is 19.2 Å². The second-order valence-electron chi connectivity index (χ2n) is 5.03. The van der Waals surface area contributed by atoms with Gasteiger partial charge in [-0.2, -0.15) is 0 Å². The number of rotatable bonds is 4. The van der Waals surface area contributed by atoms with Crippen LogP contribution in [0.2, 0.25) is 0 Å². The summed E-state index contributed by atoms with van der Waals surface area (Å²) in [5.74, 6) is 0.273. The number of ether oxygens (including phenoxy) is 1. The second-order valence-corrected chi connectivity index (χ2v) is 5.03. The molecule has 0 saturated carbocycles. The molecular formula is C17H16N2O3. The zero-order valence-electron chi connectivity index (χ0n) is 12.2. The molecule has 1 aliphatic heterocycles. The van der Waals surface area contributed by atoms with Crippen LogP contribution in [0.5, 0.6) is 5.75 Å². The first kappa shape index (κ1) is 14.1. The van der Waals surface area contributed by atoms with Crippen molar-refractivity contribution in [3.63, 3.8) is 0 Å². The highest BCUT2D eigenvalue weighted by Gasteiger charge is 2.28. The van der Waals surface area contributed by atoms with Gasteiger partial charge < -0.3 is 15.0 Å². The fraction of sp³-hybridized carbons (Fsp3) is 0.176. The van der Waals surface area contributed by atoms with Crippen LogP contribution in [0.4, 0.5) is 11.4 Å². The molecule has 22 heavy (non-hydrogen) atoms. The van der Waals surface area contributed by atoms with Gasteiger partial charge in [-0.05, 0) is 23.8 Å². The first-order valence-corrected chi connectivity index (χ1v) is 7.00. The van der Waals surface area contributed by atoms with Crippen LogP contribution < -0.4 is 15.0 Å². The van der Waals surface area contributed by atoms with E-state index in [0.717, 1.165) is 11.3 Å². The molecule has 0 unspecified atom stereocenters. The fourth-order valence-corrected chi connectivity index (χ4v) is 2.57. The van der Waals surface area contributed by atoms with Crippen LogP contribution in [0.3, 0.4) is 0 Å². The van der Waals surface area contributed by atoms with Crippen LogP contribution in [0.15, 0.2) is 48.5 Å². The number of anilines is 2. The molecule has 0 aliphatic carbocycles. The highest BCUT2D eigenvalue weighted by atomic mass is 16.5. The van der Waals surface area contributed by atoms with Crippen LogP contribution in [0, 0.1) is 0 Å². The minimum atomic E-state index is -0.255. The Morgan fingerprint density at radius 2 is 1.91 bits per heavy atom. The van der Waals surface area contributed by atoms with Crippen molar-refractivity contribution in [3.8, 4) is 5.75 Å². The Bertz CT molecular complexity index is 727. The minimum absolute atomic E-state index is 0.00606. The predicted octanol–water partition coefficient (Wildman–Crippen LogP) is 2.22. The van der Waals surface area contributed by atoms with Gasteiger partial charge in [0, 0.05) is 5.69 Å². The largest absolute Gasteiger partial charge is 0.495 e. The van der Waals surface area contributed by atoms with E-state index >= 15 is 0 Å². The number of hydrogen-bond acceptors (Lipinski definition) is 3. The molecule has 0 bridgehead atoms. The van der Waals surface area contributed by atoms with E-state index < -0.39 is 0 Å². The molecule has 1 N–H and O–H groups in total. The van der Waals surface area contributed by atoms with Crippen molar-refractivity contribution in [2.75, 3.05) is 23.9 Å². The second kappa shape index (κ2) is 5.89. The first-order chi connectivity index (χ1) is 10.7. The SMILES string of the molecule is COc1ccccc1NC(=O)CN1C(=O)Cc2ccccc21. The Morgan fingerprint density at radius 3 is 2.73 bits per heavy atom. The topological polar surface area (TPSA) is 58.6 Å². The van der Waals surface area contributed by atoms with Crippen molar-refractivity contribution >= 4 is 23.2 Å². The quantitative estimate of drug-likeness (QED) is 0.941. The van der Waals surface area contributed by atoms with Gasteiger partial charge in [0.2, 0.25) is 11.8 Å². The molecule has 2 aromatic rings. The summed E-state index contributed by atoms with van der Waals surface area (Å²) >= 11 is 0. The number of carbonyl (C=O) groups is 2. The van der Waals surface area contributed by atoms with Gasteiger partial charge in [0.25, 0.3) is 0 Å². The van der Waals surface area contributed by atoms with Crippen molar-refractivity contribution in [1.82, 2.24) is 0 Å². The van der Waals surface area contributed by atoms with Crippen molar-refractivity contribution in [1.29, 1.82) is 0 Å². The van der Waals surface area contributed by atoms with E-state index in [2.05, 4.69) is 5.32 Å². The van der Waals surface area contributed by atoms with Crippen LogP contribution in [-0.4, -0.2) is 25.5 Å². The summed E-state index contributed by atoms with van der Waals surface area (Å²) in [6.07, 6.45) is 0.345. The molecule has 2 aromatic carbocycles. The molecule has 0 atom stereocenters. The summed E-state index contributed by atoms with van der Waals surface area (Å²) in [5.41, 5.74) is 2.36. The molecule has 0 fully saturated rings. The van der Waals surface area contributed by atoms with Crippen molar-refractivity contribution in [3.05, 3.63) is 54.1 Å². The third-order valence-corrected chi connectivity index (χ3v) is 3.61. The summed E-state index contributed by atoms with van der Waals surface area (Å²) < 4.78 is 5.20. The van der Waals surface area contributed by atoms with Gasteiger partial charge in [0.15, 0.2) is 0 Å². The van der Waals surface area contributed by atoms with Gasteiger partial charge in [-0.3, -0.25) is 9.59 Å². The number of hydrogen-bond donors (Lipinski definition) is 1. The van der Waals surface area contributed by atoms with E-state index in [1.165, 1.54) is 4.90 Å². The number of carbonyl (C=O) groups excluding carboxylic acids is 2. The minimum Gasteiger partial charge on any atom is -0.495 e. The Morgan fingerprint density at radius 1 is 1.18 bits per heavy atom. The molecule has 0 saturated heterocycles. The van der Waals surface area contributed by atoms with Gasteiger partial charge in [-0.1, -0.05) is 30.3 Å². The summed E-state index contributed by atoms with van der Waals surface area (Å²) in [6.45, 7) is -0.00606. The lowest BCUT2D eigenvalue weighted by Crippen LogP contribution is -2.35. The Hall–Kier alpha value is -2.82. The number of nitrogens with zero attached hydrogens (tertiary/aromatic N) is 1.